The number of nitriles is 1. The van der Waals surface area contributed by atoms with E-state index < -0.39 is 29.6 Å². The van der Waals surface area contributed by atoms with E-state index in [2.05, 4.69) is 6.07 Å². The minimum Gasteiger partial charge on any atom is -0.461 e. The molecule has 2 aromatic carbocycles. The van der Waals surface area contributed by atoms with Crippen molar-refractivity contribution in [3.63, 3.8) is 0 Å². The Morgan fingerprint density at radius 2 is 1.97 bits per heavy atom. The molecule has 3 aromatic rings. The lowest BCUT2D eigenvalue weighted by Gasteiger charge is -2.28. The molecule has 0 N–H and O–H groups in total. The zero-order valence-corrected chi connectivity index (χ0v) is 21.3. The Labute approximate surface area is 219 Å². The molecule has 0 radical (unpaired) electrons. The summed E-state index contributed by atoms with van der Waals surface area (Å²) in [7, 11) is 0. The molecule has 0 spiro atoms. The number of halogens is 2. The number of benzene rings is 2. The number of nitrogens with zero attached hydrogens (tertiary/aromatic N) is 4. The summed E-state index contributed by atoms with van der Waals surface area (Å²) >= 11 is 0. The van der Waals surface area contributed by atoms with E-state index in [4.69, 9.17) is 9.84 Å². The fourth-order valence-electron chi connectivity index (χ4n) is 5.54. The van der Waals surface area contributed by atoms with Crippen molar-refractivity contribution in [2.75, 3.05) is 6.54 Å². The summed E-state index contributed by atoms with van der Waals surface area (Å²) in [6.45, 7) is 4.68. The summed E-state index contributed by atoms with van der Waals surface area (Å²) in [6.07, 6.45) is 0.637. The van der Waals surface area contributed by atoms with Crippen molar-refractivity contribution >= 4 is 11.9 Å². The van der Waals surface area contributed by atoms with Crippen LogP contribution in [-0.2, 0) is 40.3 Å². The van der Waals surface area contributed by atoms with Crippen molar-refractivity contribution in [2.24, 2.45) is 0 Å². The molecular weight excluding hydrogens is 490 g/mol. The molecule has 1 aromatic heterocycles. The average Bonchev–Trinajstić information content (AvgIpc) is 3.46. The van der Waals surface area contributed by atoms with Gasteiger partial charge in [0.25, 0.3) is 0 Å². The first-order chi connectivity index (χ1) is 18.3. The number of carbonyl (C=O) groups excluding carboxylic acids is 2. The van der Waals surface area contributed by atoms with Crippen LogP contribution in [0.25, 0.3) is 11.3 Å². The smallest absolute Gasteiger partial charge is 0.305 e. The van der Waals surface area contributed by atoms with Crippen LogP contribution < -0.4 is 0 Å². The van der Waals surface area contributed by atoms with Crippen molar-refractivity contribution in [2.45, 2.75) is 64.6 Å². The third-order valence-electron chi connectivity index (χ3n) is 7.44. The van der Waals surface area contributed by atoms with Crippen molar-refractivity contribution in [3.05, 3.63) is 76.0 Å². The maximum atomic E-state index is 14.7. The highest BCUT2D eigenvalue weighted by Crippen LogP contribution is 2.40. The van der Waals surface area contributed by atoms with Gasteiger partial charge in [-0.1, -0.05) is 26.0 Å². The van der Waals surface area contributed by atoms with Crippen molar-refractivity contribution < 1.29 is 23.1 Å². The standard InChI is InChI=1S/C29H28F2N4O3/c1-3-27(36)34-9-8-25-23(15-34)29(18-7-5-6-17(10-18)14-32)33-35(25)16-22-20-11-19(30)12-24(31)21(20)13-26(22)38-28(37)4-2/h5-7,10-12,22,26H,3-4,8-9,13,15-16H2,1-2H3/t22?,26-/m1/s1. The van der Waals surface area contributed by atoms with Crippen molar-refractivity contribution in [3.8, 4) is 17.3 Å². The van der Waals surface area contributed by atoms with Gasteiger partial charge in [-0.05, 0) is 29.3 Å². The van der Waals surface area contributed by atoms with Gasteiger partial charge in [0.05, 0.1) is 23.9 Å². The highest BCUT2D eigenvalue weighted by atomic mass is 19.1. The van der Waals surface area contributed by atoms with Crippen LogP contribution >= 0.6 is 0 Å². The minimum absolute atomic E-state index is 0.0438. The highest BCUT2D eigenvalue weighted by molar-refractivity contribution is 5.77. The first-order valence-corrected chi connectivity index (χ1v) is 12.9. The van der Waals surface area contributed by atoms with Crippen LogP contribution in [0.5, 0.6) is 0 Å². The third kappa shape index (κ3) is 4.67. The van der Waals surface area contributed by atoms with E-state index in [1.54, 1.807) is 30.0 Å². The second-order valence-electron chi connectivity index (χ2n) is 9.72. The summed E-state index contributed by atoms with van der Waals surface area (Å²) in [5.41, 5.74) is 4.55. The zero-order chi connectivity index (χ0) is 27.0. The molecule has 0 saturated heterocycles. The molecule has 7 nitrogen and oxygen atoms in total. The van der Waals surface area contributed by atoms with Crippen LogP contribution in [0.15, 0.2) is 36.4 Å². The topological polar surface area (TPSA) is 88.2 Å². The molecule has 38 heavy (non-hydrogen) atoms. The molecule has 196 valence electrons. The van der Waals surface area contributed by atoms with Gasteiger partial charge in [0, 0.05) is 67.6 Å². The van der Waals surface area contributed by atoms with Gasteiger partial charge in [-0.25, -0.2) is 8.78 Å². The largest absolute Gasteiger partial charge is 0.461 e. The maximum absolute atomic E-state index is 14.7. The van der Waals surface area contributed by atoms with Gasteiger partial charge in [0.2, 0.25) is 5.91 Å². The van der Waals surface area contributed by atoms with Crippen LogP contribution in [0, 0.1) is 23.0 Å². The number of ether oxygens (including phenoxy) is 1. The van der Waals surface area contributed by atoms with E-state index in [9.17, 15) is 23.6 Å². The number of amides is 1. The summed E-state index contributed by atoms with van der Waals surface area (Å²) in [5.74, 6) is -2.19. The quantitative estimate of drug-likeness (QED) is 0.443. The van der Waals surface area contributed by atoms with E-state index in [1.807, 2.05) is 17.7 Å². The Hall–Kier alpha value is -4.06. The molecule has 1 aliphatic heterocycles. The molecule has 9 heteroatoms. The van der Waals surface area contributed by atoms with Crippen molar-refractivity contribution in [1.29, 1.82) is 5.26 Å². The van der Waals surface area contributed by atoms with Gasteiger partial charge in [0.1, 0.15) is 17.7 Å². The normalized spacial score (nSPS) is 18.0. The van der Waals surface area contributed by atoms with E-state index >= 15 is 0 Å². The Kier molecular flexibility index (Phi) is 6.98. The Bertz CT molecular complexity index is 1460. The number of aromatic nitrogens is 2. The van der Waals surface area contributed by atoms with E-state index in [1.165, 1.54) is 6.07 Å². The number of hydrogen-bond acceptors (Lipinski definition) is 5. The number of carbonyl (C=O) groups is 2. The Morgan fingerprint density at radius 3 is 2.71 bits per heavy atom. The Morgan fingerprint density at radius 1 is 1.16 bits per heavy atom. The summed E-state index contributed by atoms with van der Waals surface area (Å²) in [5, 5.41) is 14.3. The molecular formula is C29H28F2N4O3. The lowest BCUT2D eigenvalue weighted by molar-refractivity contribution is -0.149. The van der Waals surface area contributed by atoms with Gasteiger partial charge in [-0.3, -0.25) is 14.3 Å². The van der Waals surface area contributed by atoms with Crippen LogP contribution in [0.3, 0.4) is 0 Å². The molecule has 0 fully saturated rings. The monoisotopic (exact) mass is 518 g/mol. The fraction of sp³-hybridized carbons (Fsp3) is 0.379. The predicted octanol–water partition coefficient (Wildman–Crippen LogP) is 4.66. The van der Waals surface area contributed by atoms with Crippen LogP contribution in [0.4, 0.5) is 8.78 Å². The average molecular weight is 519 g/mol. The lowest BCUT2D eigenvalue weighted by atomic mass is 9.97. The second-order valence-corrected chi connectivity index (χ2v) is 9.72. The van der Waals surface area contributed by atoms with E-state index in [0.29, 0.717) is 48.3 Å². The molecule has 1 aliphatic carbocycles. The molecule has 5 rings (SSSR count). The fourth-order valence-corrected chi connectivity index (χ4v) is 5.54. The van der Waals surface area contributed by atoms with Crippen LogP contribution in [-0.4, -0.2) is 39.2 Å². The van der Waals surface area contributed by atoms with Gasteiger partial charge in [-0.15, -0.1) is 0 Å². The van der Waals surface area contributed by atoms with E-state index in [0.717, 1.165) is 22.9 Å². The van der Waals surface area contributed by atoms with Gasteiger partial charge < -0.3 is 9.64 Å². The third-order valence-corrected chi connectivity index (χ3v) is 7.44. The summed E-state index contributed by atoms with van der Waals surface area (Å²) in [6, 6.07) is 11.5. The zero-order valence-electron chi connectivity index (χ0n) is 21.3. The number of fused-ring (bicyclic) bond motifs is 2. The number of hydrogen-bond donors (Lipinski definition) is 0. The summed E-state index contributed by atoms with van der Waals surface area (Å²) in [4.78, 5) is 26.5. The van der Waals surface area contributed by atoms with E-state index in [-0.39, 0.29) is 25.3 Å². The number of rotatable bonds is 6. The predicted molar refractivity (Wildman–Crippen MR) is 135 cm³/mol. The Balaban J connectivity index is 1.59. The lowest BCUT2D eigenvalue weighted by Crippen LogP contribution is -2.36. The molecule has 2 atom stereocenters. The van der Waals surface area contributed by atoms with Crippen molar-refractivity contribution in [1.82, 2.24) is 14.7 Å². The number of esters is 1. The molecule has 1 amide bonds. The molecule has 0 saturated carbocycles. The van der Waals surface area contributed by atoms with Gasteiger partial charge in [-0.2, -0.15) is 10.4 Å². The molecule has 2 aliphatic rings. The van der Waals surface area contributed by atoms with Gasteiger partial charge in [0.15, 0.2) is 0 Å². The first-order valence-electron chi connectivity index (χ1n) is 12.9. The van der Waals surface area contributed by atoms with Crippen LogP contribution in [0.1, 0.15) is 60.6 Å². The maximum Gasteiger partial charge on any atom is 0.305 e. The first kappa shape index (κ1) is 25.6. The SMILES string of the molecule is CCC(=O)O[C@@H]1Cc2c(F)cc(F)cc2C1Cn1nc(-c2cccc(C#N)c2)c2c1CCN(C(=O)CC)C2. The second kappa shape index (κ2) is 10.4. The summed E-state index contributed by atoms with van der Waals surface area (Å²) < 4.78 is 36.5. The molecule has 1 unspecified atom stereocenters. The van der Waals surface area contributed by atoms with Crippen LogP contribution in [0.2, 0.25) is 0 Å². The highest BCUT2D eigenvalue weighted by Gasteiger charge is 2.39. The van der Waals surface area contributed by atoms with Gasteiger partial charge >= 0.3 is 5.97 Å². The molecule has 2 heterocycles. The molecule has 0 bridgehead atoms. The minimum atomic E-state index is -0.682.